The molecule has 0 saturated carbocycles. The highest BCUT2D eigenvalue weighted by Crippen LogP contribution is 2.25. The topological polar surface area (TPSA) is 31.4 Å². The van der Waals surface area contributed by atoms with Crippen LogP contribution in [0.4, 0.5) is 11.6 Å². The van der Waals surface area contributed by atoms with Gasteiger partial charge in [-0.15, -0.1) is 0 Å². The first-order valence-corrected chi connectivity index (χ1v) is 8.25. The summed E-state index contributed by atoms with van der Waals surface area (Å²) in [6.07, 6.45) is 3.95. The third-order valence-corrected chi connectivity index (χ3v) is 4.37. The Morgan fingerprint density at radius 1 is 1.14 bits per heavy atom. The molecule has 0 bridgehead atoms. The Morgan fingerprint density at radius 2 is 1.95 bits per heavy atom. The van der Waals surface area contributed by atoms with E-state index in [1.54, 1.807) is 0 Å². The largest absolute Gasteiger partial charge is 0.365 e. The lowest BCUT2D eigenvalue weighted by atomic mass is 10.1. The van der Waals surface area contributed by atoms with Crippen LogP contribution in [0.25, 0.3) is 0 Å². The van der Waals surface area contributed by atoms with E-state index in [2.05, 4.69) is 54.1 Å². The molecule has 4 heteroatoms. The summed E-state index contributed by atoms with van der Waals surface area (Å²) >= 11 is 0. The van der Waals surface area contributed by atoms with E-state index in [-0.39, 0.29) is 5.54 Å². The van der Waals surface area contributed by atoms with Crippen molar-refractivity contribution in [2.75, 3.05) is 36.4 Å². The lowest BCUT2D eigenvalue weighted by Crippen LogP contribution is -2.37. The molecule has 1 unspecified atom stereocenters. The highest BCUT2D eigenvalue weighted by atomic mass is 15.3. The Bertz CT molecular complexity index is 480. The van der Waals surface area contributed by atoms with Gasteiger partial charge >= 0.3 is 0 Å². The monoisotopic (exact) mass is 288 g/mol. The Balaban J connectivity index is 1.75. The van der Waals surface area contributed by atoms with Crippen LogP contribution in [-0.4, -0.2) is 47.6 Å². The van der Waals surface area contributed by atoms with Crippen molar-refractivity contribution in [3.8, 4) is 0 Å². The zero-order chi connectivity index (χ0) is 14.9. The van der Waals surface area contributed by atoms with Gasteiger partial charge in [0.2, 0.25) is 0 Å². The quantitative estimate of drug-likeness (QED) is 0.906. The summed E-state index contributed by atoms with van der Waals surface area (Å²) < 4.78 is 0. The summed E-state index contributed by atoms with van der Waals surface area (Å²) in [4.78, 5) is 9.97. The first-order chi connectivity index (χ1) is 10.0. The molecule has 2 aliphatic heterocycles. The van der Waals surface area contributed by atoms with E-state index >= 15 is 0 Å². The molecule has 116 valence electrons. The van der Waals surface area contributed by atoms with Crippen LogP contribution in [0.1, 0.15) is 40.0 Å². The molecule has 0 radical (unpaired) electrons. The Morgan fingerprint density at radius 3 is 2.76 bits per heavy atom. The summed E-state index contributed by atoms with van der Waals surface area (Å²) in [5, 5.41) is 3.47. The van der Waals surface area contributed by atoms with Crippen molar-refractivity contribution in [1.29, 1.82) is 0 Å². The number of hydrogen-bond acceptors (Lipinski definition) is 4. The molecule has 0 aromatic carbocycles. The molecule has 0 aliphatic carbocycles. The third-order valence-electron chi connectivity index (χ3n) is 4.37. The Kier molecular flexibility index (Phi) is 4.07. The maximum atomic E-state index is 4.83. The zero-order valence-corrected chi connectivity index (χ0v) is 13.6. The van der Waals surface area contributed by atoms with Gasteiger partial charge in [0, 0.05) is 31.2 Å². The fourth-order valence-electron chi connectivity index (χ4n) is 3.47. The molecule has 3 rings (SSSR count). The van der Waals surface area contributed by atoms with Crippen molar-refractivity contribution in [1.82, 2.24) is 9.88 Å². The van der Waals surface area contributed by atoms with Gasteiger partial charge in [0.15, 0.2) is 0 Å². The van der Waals surface area contributed by atoms with Gasteiger partial charge in [-0.3, -0.25) is 4.90 Å². The minimum atomic E-state index is 0.0483. The lowest BCUT2D eigenvalue weighted by molar-refractivity contribution is 0.273. The molecule has 0 spiro atoms. The summed E-state index contributed by atoms with van der Waals surface area (Å²) in [5.41, 5.74) is 0.0483. The van der Waals surface area contributed by atoms with E-state index < -0.39 is 0 Å². The second-order valence-corrected chi connectivity index (χ2v) is 7.39. The number of nitrogens with zero attached hydrogens (tertiary/aromatic N) is 3. The molecule has 2 saturated heterocycles. The molecule has 1 aromatic heterocycles. The van der Waals surface area contributed by atoms with Gasteiger partial charge < -0.3 is 10.2 Å². The summed E-state index contributed by atoms with van der Waals surface area (Å²) in [6, 6.07) is 7.06. The van der Waals surface area contributed by atoms with E-state index in [1.807, 2.05) is 0 Å². The van der Waals surface area contributed by atoms with Crippen molar-refractivity contribution < 1.29 is 0 Å². The van der Waals surface area contributed by atoms with Crippen LogP contribution >= 0.6 is 0 Å². The summed E-state index contributed by atoms with van der Waals surface area (Å²) in [5.74, 6) is 2.10. The van der Waals surface area contributed by atoms with Crippen LogP contribution in [0, 0.1) is 0 Å². The van der Waals surface area contributed by atoms with Gasteiger partial charge in [0.25, 0.3) is 0 Å². The lowest BCUT2D eigenvalue weighted by Gasteiger charge is -2.27. The van der Waals surface area contributed by atoms with Gasteiger partial charge in [-0.1, -0.05) is 6.07 Å². The van der Waals surface area contributed by atoms with E-state index in [1.165, 1.54) is 32.4 Å². The van der Waals surface area contributed by atoms with Gasteiger partial charge in [0.05, 0.1) is 0 Å². The van der Waals surface area contributed by atoms with E-state index in [0.29, 0.717) is 0 Å². The van der Waals surface area contributed by atoms with Gasteiger partial charge in [0.1, 0.15) is 11.6 Å². The molecular formula is C17H28N4. The average molecular weight is 288 g/mol. The number of hydrogen-bond donors (Lipinski definition) is 1. The molecule has 1 atom stereocenters. The van der Waals surface area contributed by atoms with Crippen molar-refractivity contribution in [2.45, 2.75) is 51.6 Å². The summed E-state index contributed by atoms with van der Waals surface area (Å²) in [7, 11) is 0. The highest BCUT2D eigenvalue weighted by molar-refractivity contribution is 5.48. The maximum Gasteiger partial charge on any atom is 0.131 e. The van der Waals surface area contributed by atoms with Crippen LogP contribution < -0.4 is 10.2 Å². The Hall–Kier alpha value is -1.29. The molecule has 3 heterocycles. The first-order valence-electron chi connectivity index (χ1n) is 8.25. The molecule has 1 N–H and O–H groups in total. The van der Waals surface area contributed by atoms with Crippen molar-refractivity contribution in [2.24, 2.45) is 0 Å². The predicted octanol–water partition coefficient (Wildman–Crippen LogP) is 2.97. The normalized spacial score (nSPS) is 23.8. The number of rotatable bonds is 2. The third kappa shape index (κ3) is 3.67. The van der Waals surface area contributed by atoms with E-state index in [9.17, 15) is 0 Å². The molecular weight excluding hydrogens is 260 g/mol. The van der Waals surface area contributed by atoms with E-state index in [0.717, 1.165) is 30.8 Å². The first kappa shape index (κ1) is 14.6. The van der Waals surface area contributed by atoms with Gasteiger partial charge in [-0.25, -0.2) is 4.98 Å². The molecule has 1 aromatic rings. The second kappa shape index (κ2) is 5.84. The number of aromatic nitrogens is 1. The average Bonchev–Trinajstić information content (AvgIpc) is 2.74. The standard InChI is InChI=1S/C17H28N4/c1-17(2,3)19-15-8-4-9-16(18-15)21-12-6-11-20-10-5-7-14(20)13-21/h4,8-9,14H,5-7,10-13H2,1-3H3,(H,18,19). The van der Waals surface area contributed by atoms with Crippen molar-refractivity contribution >= 4 is 11.6 Å². The minimum absolute atomic E-state index is 0.0483. The fourth-order valence-corrected chi connectivity index (χ4v) is 3.47. The molecule has 0 amide bonds. The van der Waals surface area contributed by atoms with Crippen LogP contribution in [0.15, 0.2) is 18.2 Å². The zero-order valence-electron chi connectivity index (χ0n) is 13.6. The molecule has 4 nitrogen and oxygen atoms in total. The van der Waals surface area contributed by atoms with Crippen LogP contribution in [0.5, 0.6) is 0 Å². The van der Waals surface area contributed by atoms with Gasteiger partial charge in [-0.05, 0) is 58.7 Å². The maximum absolute atomic E-state index is 4.83. The van der Waals surface area contributed by atoms with Crippen molar-refractivity contribution in [3.63, 3.8) is 0 Å². The predicted molar refractivity (Wildman–Crippen MR) is 89.0 cm³/mol. The Labute approximate surface area is 128 Å². The van der Waals surface area contributed by atoms with Crippen LogP contribution in [-0.2, 0) is 0 Å². The van der Waals surface area contributed by atoms with Crippen LogP contribution in [0.2, 0.25) is 0 Å². The molecule has 21 heavy (non-hydrogen) atoms. The minimum Gasteiger partial charge on any atom is -0.365 e. The second-order valence-electron chi connectivity index (χ2n) is 7.39. The fraction of sp³-hybridized carbons (Fsp3) is 0.706. The summed E-state index contributed by atoms with van der Waals surface area (Å²) in [6.45, 7) is 11.3. The SMILES string of the molecule is CC(C)(C)Nc1cccc(N2CCCN3CCCC3C2)n1. The number of anilines is 2. The highest BCUT2D eigenvalue weighted by Gasteiger charge is 2.29. The number of fused-ring (bicyclic) bond motifs is 1. The van der Waals surface area contributed by atoms with Crippen LogP contribution in [0.3, 0.4) is 0 Å². The molecule has 2 fully saturated rings. The number of nitrogens with one attached hydrogen (secondary N) is 1. The smallest absolute Gasteiger partial charge is 0.131 e. The molecule has 2 aliphatic rings. The van der Waals surface area contributed by atoms with E-state index in [4.69, 9.17) is 4.98 Å². The number of pyridine rings is 1. The van der Waals surface area contributed by atoms with Crippen molar-refractivity contribution in [3.05, 3.63) is 18.2 Å². The van der Waals surface area contributed by atoms with Gasteiger partial charge in [-0.2, -0.15) is 0 Å².